The minimum Gasteiger partial charge on any atom is -0.371 e. The zero-order valence-corrected chi connectivity index (χ0v) is 17.2. The fourth-order valence-corrected chi connectivity index (χ4v) is 4.29. The summed E-state index contributed by atoms with van der Waals surface area (Å²) in [5.41, 5.74) is 0.933. The first-order valence-corrected chi connectivity index (χ1v) is 10.4. The number of carbonyl (C=O) groups is 1. The van der Waals surface area contributed by atoms with E-state index in [0.717, 1.165) is 10.6 Å². The van der Waals surface area contributed by atoms with Gasteiger partial charge in [0.2, 0.25) is 11.9 Å². The van der Waals surface area contributed by atoms with Crippen LogP contribution in [-0.4, -0.2) is 53.4 Å². The monoisotopic (exact) mass is 402 g/mol. The maximum absolute atomic E-state index is 12.3. The van der Waals surface area contributed by atoms with Crippen molar-refractivity contribution in [2.75, 3.05) is 18.5 Å². The molecule has 0 aliphatic carbocycles. The number of nitrogens with zero attached hydrogens (tertiary/aromatic N) is 2. The largest absolute Gasteiger partial charge is 0.371 e. The van der Waals surface area contributed by atoms with Gasteiger partial charge in [-0.15, -0.1) is 11.3 Å². The lowest BCUT2D eigenvalue weighted by atomic mass is 9.92. The fourth-order valence-electron chi connectivity index (χ4n) is 3.59. The van der Waals surface area contributed by atoms with E-state index in [1.54, 1.807) is 17.5 Å². The van der Waals surface area contributed by atoms with E-state index < -0.39 is 0 Å². The molecule has 2 N–H and O–H groups in total. The summed E-state index contributed by atoms with van der Waals surface area (Å²) in [7, 11) is 0. The Kier molecular flexibility index (Phi) is 5.35. The van der Waals surface area contributed by atoms with Crippen LogP contribution in [0.25, 0.3) is 0 Å². The Hall–Kier alpha value is -2.03. The first kappa shape index (κ1) is 19.3. The Bertz CT molecular complexity index is 821. The summed E-state index contributed by atoms with van der Waals surface area (Å²) in [4.78, 5) is 22.3. The molecule has 4 heterocycles. The molecule has 2 fully saturated rings. The van der Waals surface area contributed by atoms with Gasteiger partial charge in [-0.05, 0) is 17.5 Å². The Balaban J connectivity index is 1.35. The van der Waals surface area contributed by atoms with Gasteiger partial charge in [-0.1, -0.05) is 26.8 Å². The number of fused-ring (bicyclic) bond motifs is 1. The Labute approximate surface area is 168 Å². The molecule has 4 rings (SSSR count). The second-order valence-electron chi connectivity index (χ2n) is 8.29. The van der Waals surface area contributed by atoms with Crippen molar-refractivity contribution in [1.82, 2.24) is 15.3 Å². The average molecular weight is 403 g/mol. The Morgan fingerprint density at radius 3 is 2.68 bits per heavy atom. The summed E-state index contributed by atoms with van der Waals surface area (Å²) in [6.07, 6.45) is 1.87. The minimum absolute atomic E-state index is 0.00193. The van der Waals surface area contributed by atoms with Crippen molar-refractivity contribution in [2.24, 2.45) is 0 Å². The molecule has 8 heteroatoms. The van der Waals surface area contributed by atoms with Gasteiger partial charge in [0, 0.05) is 16.5 Å². The third-order valence-corrected chi connectivity index (χ3v) is 5.93. The summed E-state index contributed by atoms with van der Waals surface area (Å²) < 4.78 is 11.9. The number of anilines is 1. The lowest BCUT2D eigenvalue weighted by molar-refractivity contribution is -0.121. The number of hydrogen-bond donors (Lipinski definition) is 2. The zero-order chi connectivity index (χ0) is 19.7. The van der Waals surface area contributed by atoms with Gasteiger partial charge in [0.05, 0.1) is 37.4 Å². The van der Waals surface area contributed by atoms with E-state index in [2.05, 4.69) is 41.4 Å². The van der Waals surface area contributed by atoms with E-state index in [1.807, 2.05) is 23.6 Å². The lowest BCUT2D eigenvalue weighted by Crippen LogP contribution is -2.45. The molecule has 2 aliphatic rings. The molecule has 4 atom stereocenters. The molecule has 0 spiro atoms. The van der Waals surface area contributed by atoms with Gasteiger partial charge in [-0.25, -0.2) is 9.97 Å². The summed E-state index contributed by atoms with van der Waals surface area (Å²) in [6, 6.07) is 5.68. The van der Waals surface area contributed by atoms with E-state index in [0.29, 0.717) is 25.6 Å². The number of rotatable bonds is 5. The third-order valence-electron chi connectivity index (χ3n) is 5.05. The average Bonchev–Trinajstić information content (AvgIpc) is 3.36. The zero-order valence-electron chi connectivity index (χ0n) is 16.3. The number of aromatic nitrogens is 2. The molecule has 28 heavy (non-hydrogen) atoms. The van der Waals surface area contributed by atoms with Gasteiger partial charge >= 0.3 is 0 Å². The molecule has 0 radical (unpaired) electrons. The lowest BCUT2D eigenvalue weighted by Gasteiger charge is -2.21. The van der Waals surface area contributed by atoms with Gasteiger partial charge in [0.1, 0.15) is 12.2 Å². The summed E-state index contributed by atoms with van der Waals surface area (Å²) in [6.45, 7) is 7.31. The first-order chi connectivity index (χ1) is 13.4. The van der Waals surface area contributed by atoms with Crippen molar-refractivity contribution in [3.63, 3.8) is 0 Å². The molecule has 0 bridgehead atoms. The molecule has 7 nitrogen and oxygen atoms in total. The predicted octanol–water partition coefficient (Wildman–Crippen LogP) is 2.14. The minimum atomic E-state index is -0.157. The molecular formula is C20H26N4O3S. The smallest absolute Gasteiger partial charge is 0.225 e. The van der Waals surface area contributed by atoms with Gasteiger partial charge in [0.25, 0.3) is 0 Å². The van der Waals surface area contributed by atoms with E-state index in [9.17, 15) is 4.79 Å². The number of carbonyl (C=O) groups excluding carboxylic acids is 1. The number of nitrogens with one attached hydrogen (secondary N) is 2. The van der Waals surface area contributed by atoms with Crippen molar-refractivity contribution in [3.8, 4) is 0 Å². The van der Waals surface area contributed by atoms with Crippen LogP contribution in [0, 0.1) is 0 Å². The van der Waals surface area contributed by atoms with Crippen LogP contribution in [-0.2, 0) is 26.1 Å². The van der Waals surface area contributed by atoms with Gasteiger partial charge in [0.15, 0.2) is 0 Å². The molecule has 150 valence electrons. The topological polar surface area (TPSA) is 85.4 Å². The van der Waals surface area contributed by atoms with Gasteiger partial charge < -0.3 is 20.1 Å². The molecule has 2 saturated heterocycles. The molecule has 2 aromatic heterocycles. The van der Waals surface area contributed by atoms with Crippen molar-refractivity contribution in [1.29, 1.82) is 0 Å². The van der Waals surface area contributed by atoms with Crippen LogP contribution in [0.15, 0.2) is 29.8 Å². The van der Waals surface area contributed by atoms with Gasteiger partial charge in [-0.2, -0.15) is 0 Å². The standard InChI is InChI=1S/C20H26N4O3S/c1-20(2,3)15-6-7-21-19(24-15)23-14-11-27-17-13(10-26-18(14)17)22-16(25)9-12-5-4-8-28-12/h4-8,13-14,17-18H,9-11H2,1-3H3,(H,22,25)(H,21,23,24)/t13-,14-,17+,18+/m0/s1. The maximum atomic E-state index is 12.3. The van der Waals surface area contributed by atoms with Crippen LogP contribution >= 0.6 is 11.3 Å². The fraction of sp³-hybridized carbons (Fsp3) is 0.550. The highest BCUT2D eigenvalue weighted by Crippen LogP contribution is 2.29. The van der Waals surface area contributed by atoms with Crippen LogP contribution in [0.5, 0.6) is 0 Å². The number of thiophene rings is 1. The molecule has 1 amide bonds. The van der Waals surface area contributed by atoms with E-state index in [4.69, 9.17) is 9.47 Å². The van der Waals surface area contributed by atoms with E-state index in [1.165, 1.54) is 0 Å². The molecule has 2 aromatic rings. The SMILES string of the molecule is CC(C)(C)c1ccnc(N[C@H]2CO[C@H]3[C@@H]2OC[C@@H]3NC(=O)Cc2cccs2)n1. The van der Waals surface area contributed by atoms with Crippen LogP contribution in [0.1, 0.15) is 31.3 Å². The second-order valence-corrected chi connectivity index (χ2v) is 9.32. The summed E-state index contributed by atoms with van der Waals surface area (Å²) in [5, 5.41) is 8.39. The van der Waals surface area contributed by atoms with Crippen LogP contribution < -0.4 is 10.6 Å². The van der Waals surface area contributed by atoms with Crippen molar-refractivity contribution in [2.45, 2.75) is 56.9 Å². The van der Waals surface area contributed by atoms with Crippen molar-refractivity contribution in [3.05, 3.63) is 40.3 Å². The highest BCUT2D eigenvalue weighted by atomic mass is 32.1. The van der Waals surface area contributed by atoms with Crippen LogP contribution in [0.4, 0.5) is 5.95 Å². The van der Waals surface area contributed by atoms with Crippen molar-refractivity contribution < 1.29 is 14.3 Å². The predicted molar refractivity (Wildman–Crippen MR) is 108 cm³/mol. The molecular weight excluding hydrogens is 376 g/mol. The number of ether oxygens (including phenoxy) is 2. The second kappa shape index (κ2) is 7.77. The van der Waals surface area contributed by atoms with E-state index >= 15 is 0 Å². The normalized spacial score (nSPS) is 26.8. The molecule has 0 saturated carbocycles. The quantitative estimate of drug-likeness (QED) is 0.797. The first-order valence-electron chi connectivity index (χ1n) is 9.55. The van der Waals surface area contributed by atoms with Crippen LogP contribution in [0.3, 0.4) is 0 Å². The maximum Gasteiger partial charge on any atom is 0.225 e. The summed E-state index contributed by atoms with van der Waals surface area (Å²) >= 11 is 1.59. The summed E-state index contributed by atoms with van der Waals surface area (Å²) in [5.74, 6) is 0.577. The number of amides is 1. The van der Waals surface area contributed by atoms with Crippen molar-refractivity contribution >= 4 is 23.2 Å². The Morgan fingerprint density at radius 1 is 1.21 bits per heavy atom. The Morgan fingerprint density at radius 2 is 1.96 bits per heavy atom. The third kappa shape index (κ3) is 4.19. The highest BCUT2D eigenvalue weighted by Gasteiger charge is 2.48. The number of hydrogen-bond acceptors (Lipinski definition) is 7. The van der Waals surface area contributed by atoms with E-state index in [-0.39, 0.29) is 35.6 Å². The van der Waals surface area contributed by atoms with Gasteiger partial charge in [-0.3, -0.25) is 4.79 Å². The molecule has 0 aromatic carbocycles. The van der Waals surface area contributed by atoms with Crippen LogP contribution in [0.2, 0.25) is 0 Å². The molecule has 0 unspecified atom stereocenters. The highest BCUT2D eigenvalue weighted by molar-refractivity contribution is 7.10. The molecule has 2 aliphatic heterocycles.